The normalized spacial score (nSPS) is 34.5. The molecule has 0 amide bonds. The van der Waals surface area contributed by atoms with Crippen LogP contribution in [-0.4, -0.2) is 51.5 Å². The minimum Gasteiger partial charge on any atom is -0.508 e. The van der Waals surface area contributed by atoms with E-state index in [9.17, 15) is 29.7 Å². The van der Waals surface area contributed by atoms with Gasteiger partial charge in [-0.1, -0.05) is 32.1 Å². The molecule has 2 saturated carbocycles. The molecule has 0 radical (unpaired) electrons. The summed E-state index contributed by atoms with van der Waals surface area (Å²) >= 11 is 0. The summed E-state index contributed by atoms with van der Waals surface area (Å²) in [7, 11) is 1.58. The standard InChI is InChI=1S/C26H30O5.C15H14O4/c1-22(2)17(27)7-9-23(3)16-6-10-24(4)15(14-8-11-30-13-14)12-18-26(24,31-18)25(16,5)21(29)19(28)20(22)23;1-19-12-5-2-10(3-6-12)8-14(17)13-7-4-11(16)9-15(13)18/h7-9,11,13,15-16,18,28H,6,10,12H2,1-5H3;2-7,9,16,18H,8H2,1H3. The summed E-state index contributed by atoms with van der Waals surface area (Å²) in [4.78, 5) is 38.8. The quantitative estimate of drug-likeness (QED) is 0.185. The molecule has 1 aromatic heterocycles. The van der Waals surface area contributed by atoms with Gasteiger partial charge in [-0.25, -0.2) is 0 Å². The van der Waals surface area contributed by atoms with Crippen molar-refractivity contribution in [3.63, 3.8) is 0 Å². The van der Waals surface area contributed by atoms with E-state index >= 15 is 0 Å². The van der Waals surface area contributed by atoms with Crippen LogP contribution in [0.5, 0.6) is 17.2 Å². The van der Waals surface area contributed by atoms with Crippen molar-refractivity contribution >= 4 is 17.3 Å². The molecule has 50 heavy (non-hydrogen) atoms. The highest BCUT2D eigenvalue weighted by Gasteiger charge is 2.87. The first kappa shape index (κ1) is 33.8. The molecule has 3 N–H and O–H groups in total. The Bertz CT molecular complexity index is 1950. The van der Waals surface area contributed by atoms with Gasteiger partial charge in [-0.05, 0) is 105 Å². The van der Waals surface area contributed by atoms with Crippen LogP contribution in [0.3, 0.4) is 0 Å². The third-order valence-electron chi connectivity index (χ3n) is 13.0. The highest BCUT2D eigenvalue weighted by atomic mass is 16.6. The number of phenols is 2. The maximum atomic E-state index is 14.0. The van der Waals surface area contributed by atoms with Crippen molar-refractivity contribution in [3.8, 4) is 17.2 Å². The number of ketones is 3. The monoisotopic (exact) mass is 680 g/mol. The van der Waals surface area contributed by atoms with Crippen LogP contribution in [0.2, 0.25) is 0 Å². The molecule has 262 valence electrons. The van der Waals surface area contributed by atoms with Crippen LogP contribution < -0.4 is 4.74 Å². The molecule has 8 rings (SSSR count). The first-order valence-electron chi connectivity index (χ1n) is 17.2. The average molecular weight is 681 g/mol. The van der Waals surface area contributed by atoms with E-state index in [1.54, 1.807) is 43.7 Å². The number of allylic oxidation sites excluding steroid dienone is 4. The average Bonchev–Trinajstić information content (AvgIpc) is 3.43. The number of Topliss-reactive ketones (excluding diaryl/α,β-unsaturated/α-hetero) is 2. The number of epoxide rings is 1. The van der Waals surface area contributed by atoms with Crippen LogP contribution in [0.25, 0.3) is 0 Å². The molecule has 2 aromatic carbocycles. The number of aromatic hydroxyl groups is 2. The Labute approximate surface area is 291 Å². The van der Waals surface area contributed by atoms with Crippen LogP contribution in [-0.2, 0) is 20.7 Å². The Kier molecular flexibility index (Phi) is 7.57. The van der Waals surface area contributed by atoms with Crippen LogP contribution >= 0.6 is 0 Å². The predicted octanol–water partition coefficient (Wildman–Crippen LogP) is 7.43. The number of aliphatic hydroxyl groups excluding tert-OH is 1. The number of carbonyl (C=O) groups excluding carboxylic acids is 3. The maximum Gasteiger partial charge on any atom is 0.206 e. The van der Waals surface area contributed by atoms with Gasteiger partial charge in [0.15, 0.2) is 17.3 Å². The van der Waals surface area contributed by atoms with Gasteiger partial charge in [0.05, 0.1) is 42.1 Å². The van der Waals surface area contributed by atoms with E-state index in [1.165, 1.54) is 17.7 Å². The van der Waals surface area contributed by atoms with Crippen molar-refractivity contribution in [1.82, 2.24) is 0 Å². The van der Waals surface area contributed by atoms with Crippen LogP contribution in [0.4, 0.5) is 0 Å². The molecule has 3 aromatic rings. The predicted molar refractivity (Wildman–Crippen MR) is 184 cm³/mol. The van der Waals surface area contributed by atoms with Gasteiger partial charge in [-0.2, -0.15) is 0 Å². The molecular formula is C41H44O9. The number of phenolic OH excluding ortho intramolecular Hbond substituents is 2. The highest BCUT2D eigenvalue weighted by Crippen LogP contribution is 2.81. The zero-order chi connectivity index (χ0) is 36.0. The van der Waals surface area contributed by atoms with E-state index in [4.69, 9.17) is 13.9 Å². The zero-order valence-electron chi connectivity index (χ0n) is 29.3. The number of methoxy groups -OCH3 is 1. The molecule has 9 nitrogen and oxygen atoms in total. The second kappa shape index (κ2) is 11.2. The summed E-state index contributed by atoms with van der Waals surface area (Å²) in [5, 5.41) is 30.2. The van der Waals surface area contributed by atoms with Gasteiger partial charge in [0, 0.05) is 23.3 Å². The van der Waals surface area contributed by atoms with E-state index in [-0.39, 0.29) is 69.9 Å². The highest BCUT2D eigenvalue weighted by molar-refractivity contribution is 6.06. The number of fused-ring (bicyclic) bond motifs is 3. The lowest BCUT2D eigenvalue weighted by Crippen LogP contribution is -2.66. The van der Waals surface area contributed by atoms with E-state index in [1.807, 2.05) is 39.2 Å². The lowest BCUT2D eigenvalue weighted by Gasteiger charge is -2.62. The van der Waals surface area contributed by atoms with E-state index in [0.29, 0.717) is 5.57 Å². The molecule has 3 fully saturated rings. The second-order valence-electron chi connectivity index (χ2n) is 15.7. The summed E-state index contributed by atoms with van der Waals surface area (Å²) < 4.78 is 16.9. The Morgan fingerprint density at radius 2 is 1.70 bits per heavy atom. The molecule has 1 spiro atoms. The van der Waals surface area contributed by atoms with Gasteiger partial charge in [0.25, 0.3) is 0 Å². The lowest BCUT2D eigenvalue weighted by molar-refractivity contribution is -0.162. The molecule has 5 aliphatic rings. The molecule has 1 aliphatic heterocycles. The number of carbonyl (C=O) groups is 3. The first-order valence-corrected chi connectivity index (χ1v) is 17.2. The van der Waals surface area contributed by atoms with Crippen molar-refractivity contribution in [2.24, 2.45) is 27.6 Å². The summed E-state index contributed by atoms with van der Waals surface area (Å²) in [6.07, 6.45) is 9.94. The largest absolute Gasteiger partial charge is 0.508 e. The molecule has 0 bridgehead atoms. The van der Waals surface area contributed by atoms with E-state index < -0.39 is 21.8 Å². The zero-order valence-corrected chi connectivity index (χ0v) is 29.3. The Hall–Kier alpha value is -4.63. The number of hydrogen-bond acceptors (Lipinski definition) is 9. The summed E-state index contributed by atoms with van der Waals surface area (Å²) in [6.45, 7) is 10.0. The molecule has 9 heteroatoms. The molecule has 7 unspecified atom stereocenters. The van der Waals surface area contributed by atoms with Gasteiger partial charge in [-0.15, -0.1) is 0 Å². The fraction of sp³-hybridized carbons (Fsp3) is 0.439. The third kappa shape index (κ3) is 4.44. The molecule has 7 atom stereocenters. The van der Waals surface area contributed by atoms with Gasteiger partial charge in [-0.3, -0.25) is 14.4 Å². The molecule has 2 heterocycles. The summed E-state index contributed by atoms with van der Waals surface area (Å²) in [6, 6.07) is 13.1. The van der Waals surface area contributed by atoms with Crippen molar-refractivity contribution in [3.05, 3.63) is 101 Å². The van der Waals surface area contributed by atoms with E-state index in [0.717, 1.165) is 36.6 Å². The van der Waals surface area contributed by atoms with E-state index in [2.05, 4.69) is 13.8 Å². The summed E-state index contributed by atoms with van der Waals surface area (Å²) in [5.74, 6) is -0.0726. The lowest BCUT2D eigenvalue weighted by atomic mass is 9.39. The number of aliphatic hydroxyl groups is 1. The number of ether oxygens (including phenoxy) is 2. The fourth-order valence-electron chi connectivity index (χ4n) is 10.6. The topological polar surface area (TPSA) is 147 Å². The van der Waals surface area contributed by atoms with Crippen molar-refractivity contribution in [2.75, 3.05) is 7.11 Å². The maximum absolute atomic E-state index is 14.0. The van der Waals surface area contributed by atoms with Crippen LogP contribution in [0.15, 0.2) is 89.0 Å². The third-order valence-corrected chi connectivity index (χ3v) is 13.0. The van der Waals surface area contributed by atoms with Gasteiger partial charge >= 0.3 is 0 Å². The number of rotatable bonds is 5. The van der Waals surface area contributed by atoms with Gasteiger partial charge < -0.3 is 29.2 Å². The second-order valence-corrected chi connectivity index (χ2v) is 15.7. The Balaban J connectivity index is 0.000000178. The fourth-order valence-corrected chi connectivity index (χ4v) is 10.6. The van der Waals surface area contributed by atoms with Gasteiger partial charge in [0.2, 0.25) is 5.78 Å². The van der Waals surface area contributed by atoms with Crippen molar-refractivity contribution < 1.29 is 43.6 Å². The SMILES string of the molecule is CC1(C)C(=O)C=CC2(C)C1=C(O)C(=O)C1(C)C2CCC2(C)C(c3ccoc3)CC3OC321.COc1ccc(CC(=O)c2ccc(O)cc2O)cc1. The van der Waals surface area contributed by atoms with Gasteiger partial charge in [0.1, 0.15) is 22.8 Å². The number of benzene rings is 2. The first-order chi connectivity index (χ1) is 23.6. The van der Waals surface area contributed by atoms with Crippen LogP contribution in [0, 0.1) is 27.6 Å². The van der Waals surface area contributed by atoms with Crippen LogP contribution in [0.1, 0.15) is 81.3 Å². The smallest absolute Gasteiger partial charge is 0.206 e. The van der Waals surface area contributed by atoms with Crippen molar-refractivity contribution in [1.29, 1.82) is 0 Å². The molecule has 1 saturated heterocycles. The Morgan fingerprint density at radius 1 is 0.980 bits per heavy atom. The van der Waals surface area contributed by atoms with Crippen molar-refractivity contribution in [2.45, 2.75) is 77.9 Å². The summed E-state index contributed by atoms with van der Waals surface area (Å²) in [5.41, 5.74) is -0.365. The number of furan rings is 1. The Morgan fingerprint density at radius 3 is 2.34 bits per heavy atom. The number of hydrogen-bond donors (Lipinski definition) is 3. The molecular weight excluding hydrogens is 636 g/mol. The minimum atomic E-state index is -0.901. The minimum absolute atomic E-state index is 0.00527. The molecule has 4 aliphatic carbocycles.